The van der Waals surface area contributed by atoms with E-state index < -0.39 is 27.5 Å². The summed E-state index contributed by atoms with van der Waals surface area (Å²) in [5, 5.41) is 2.90. The van der Waals surface area contributed by atoms with E-state index in [-0.39, 0.29) is 29.3 Å². The zero-order valence-corrected chi connectivity index (χ0v) is 24.7. The lowest BCUT2D eigenvalue weighted by Gasteiger charge is -2.37. The summed E-state index contributed by atoms with van der Waals surface area (Å²) in [5.74, 6) is -0.128. The van der Waals surface area contributed by atoms with E-state index in [4.69, 9.17) is 4.74 Å². The number of urea groups is 1. The molecule has 1 fully saturated rings. The molecule has 0 bridgehead atoms. The highest BCUT2D eigenvalue weighted by molar-refractivity contribution is 7.89. The molecule has 2 aliphatic rings. The Morgan fingerprint density at radius 1 is 1.07 bits per heavy atom. The van der Waals surface area contributed by atoms with Crippen molar-refractivity contribution in [3.63, 3.8) is 0 Å². The van der Waals surface area contributed by atoms with Crippen LogP contribution >= 0.6 is 0 Å². The lowest BCUT2D eigenvalue weighted by atomic mass is 9.77. The van der Waals surface area contributed by atoms with E-state index in [1.165, 1.54) is 24.1 Å². The van der Waals surface area contributed by atoms with Gasteiger partial charge in [0.05, 0.1) is 17.4 Å². The second kappa shape index (κ2) is 11.6. The molecule has 1 aliphatic carbocycles. The van der Waals surface area contributed by atoms with Crippen LogP contribution in [0.3, 0.4) is 0 Å². The van der Waals surface area contributed by atoms with Crippen molar-refractivity contribution in [3.8, 4) is 5.75 Å². The van der Waals surface area contributed by atoms with Crippen LogP contribution in [0.5, 0.6) is 5.75 Å². The molecule has 40 heavy (non-hydrogen) atoms. The third-order valence-electron chi connectivity index (χ3n) is 7.86. The highest BCUT2D eigenvalue weighted by Gasteiger charge is 2.44. The molecule has 0 saturated heterocycles. The minimum Gasteiger partial charge on any atom is -0.497 e. The van der Waals surface area contributed by atoms with Crippen molar-refractivity contribution in [2.45, 2.75) is 88.6 Å². The average molecular weight is 570 g/mol. The van der Waals surface area contributed by atoms with Crippen molar-refractivity contribution < 1.29 is 27.5 Å². The predicted molar refractivity (Wildman–Crippen MR) is 152 cm³/mol. The molecule has 4 rings (SSSR count). The maximum atomic E-state index is 13.5. The van der Waals surface area contributed by atoms with Gasteiger partial charge in [0.1, 0.15) is 5.75 Å². The van der Waals surface area contributed by atoms with Crippen LogP contribution in [0.4, 0.5) is 4.79 Å². The Balaban J connectivity index is 1.48. The molecule has 0 atom stereocenters. The van der Waals surface area contributed by atoms with Gasteiger partial charge in [-0.05, 0) is 82.3 Å². The van der Waals surface area contributed by atoms with Crippen molar-refractivity contribution in [1.82, 2.24) is 14.5 Å². The van der Waals surface area contributed by atoms with Crippen molar-refractivity contribution in [3.05, 3.63) is 59.2 Å². The van der Waals surface area contributed by atoms with Gasteiger partial charge in [0.15, 0.2) is 0 Å². The standard InChI is InChI=1S/C30H39N3O6S/c1-20(2)33(29(36)31-22-9-7-6-8-10-22)40(37,38)24-14-11-21(12-15-24)17-18-32-27(34)25-19-23(39-5)13-16-26(25)30(3,4)28(32)35/h11-16,19-20,22H,6-10,17-18H2,1-5H3,(H,31,36). The first-order chi connectivity index (χ1) is 18.9. The monoisotopic (exact) mass is 569 g/mol. The summed E-state index contributed by atoms with van der Waals surface area (Å²) in [6.45, 7) is 7.09. The fraction of sp³-hybridized carbons (Fsp3) is 0.500. The molecule has 0 radical (unpaired) electrons. The molecule has 4 amide bonds. The summed E-state index contributed by atoms with van der Waals surface area (Å²) < 4.78 is 33.1. The second-order valence-electron chi connectivity index (χ2n) is 11.4. The molecular weight excluding hydrogens is 530 g/mol. The second-order valence-corrected chi connectivity index (χ2v) is 13.2. The number of nitrogens with one attached hydrogen (secondary N) is 1. The third kappa shape index (κ3) is 5.73. The van der Waals surface area contributed by atoms with E-state index in [0.29, 0.717) is 23.3 Å². The molecule has 10 heteroatoms. The van der Waals surface area contributed by atoms with Crippen molar-refractivity contribution in [1.29, 1.82) is 0 Å². The van der Waals surface area contributed by atoms with Crippen LogP contribution in [0.15, 0.2) is 47.4 Å². The number of fused-ring (bicyclic) bond motifs is 1. The number of nitrogens with zero attached hydrogens (tertiary/aromatic N) is 2. The SMILES string of the molecule is COc1ccc2c(c1)C(=O)N(CCc1ccc(S(=O)(=O)N(C(=O)NC3CCCCC3)C(C)C)cc1)C(=O)C2(C)C. The molecule has 2 aromatic carbocycles. The molecular formula is C30H39N3O6S. The van der Waals surface area contributed by atoms with E-state index in [0.717, 1.165) is 42.0 Å². The van der Waals surface area contributed by atoms with Gasteiger partial charge in [-0.15, -0.1) is 0 Å². The van der Waals surface area contributed by atoms with E-state index in [1.54, 1.807) is 58.0 Å². The first-order valence-electron chi connectivity index (χ1n) is 13.9. The largest absolute Gasteiger partial charge is 0.497 e. The lowest BCUT2D eigenvalue weighted by molar-refractivity contribution is -0.134. The maximum Gasteiger partial charge on any atom is 0.331 e. The summed E-state index contributed by atoms with van der Waals surface area (Å²) >= 11 is 0. The van der Waals surface area contributed by atoms with Gasteiger partial charge in [-0.2, -0.15) is 0 Å². The fourth-order valence-electron chi connectivity index (χ4n) is 5.55. The Morgan fingerprint density at radius 2 is 1.73 bits per heavy atom. The molecule has 1 aliphatic heterocycles. The van der Waals surface area contributed by atoms with Crippen LogP contribution in [-0.2, 0) is 26.7 Å². The Hall–Kier alpha value is -3.40. The minimum absolute atomic E-state index is 0.0102. The highest BCUT2D eigenvalue weighted by atomic mass is 32.2. The summed E-state index contributed by atoms with van der Waals surface area (Å²) in [6.07, 6.45) is 5.23. The number of methoxy groups -OCH3 is 1. The Bertz CT molecular complexity index is 1380. The Labute approximate surface area is 236 Å². The Morgan fingerprint density at radius 3 is 2.33 bits per heavy atom. The van der Waals surface area contributed by atoms with E-state index in [9.17, 15) is 22.8 Å². The number of hydrogen-bond acceptors (Lipinski definition) is 6. The minimum atomic E-state index is -4.08. The van der Waals surface area contributed by atoms with Crippen LogP contribution in [0, 0.1) is 0 Å². The van der Waals surface area contributed by atoms with Gasteiger partial charge in [-0.3, -0.25) is 14.5 Å². The van der Waals surface area contributed by atoms with Gasteiger partial charge < -0.3 is 10.1 Å². The third-order valence-corrected chi connectivity index (χ3v) is 9.83. The number of carbonyl (C=O) groups is 3. The van der Waals surface area contributed by atoms with Gasteiger partial charge in [-0.1, -0.05) is 37.5 Å². The van der Waals surface area contributed by atoms with Crippen LogP contribution in [0.25, 0.3) is 0 Å². The summed E-state index contributed by atoms with van der Waals surface area (Å²) in [6, 6.07) is 10.2. The van der Waals surface area contributed by atoms with E-state index in [1.807, 2.05) is 0 Å². The lowest BCUT2D eigenvalue weighted by Crippen LogP contribution is -2.52. The molecule has 216 valence electrons. The summed E-state index contributed by atoms with van der Waals surface area (Å²) in [7, 11) is -2.56. The smallest absolute Gasteiger partial charge is 0.331 e. The zero-order valence-electron chi connectivity index (χ0n) is 23.9. The molecule has 0 aromatic heterocycles. The predicted octanol–water partition coefficient (Wildman–Crippen LogP) is 4.64. The van der Waals surface area contributed by atoms with Crippen LogP contribution < -0.4 is 10.1 Å². The fourth-order valence-corrected chi connectivity index (χ4v) is 7.09. The quantitative estimate of drug-likeness (QED) is 0.464. The number of sulfonamides is 1. The first-order valence-corrected chi connectivity index (χ1v) is 15.3. The van der Waals surface area contributed by atoms with Crippen LogP contribution in [0.2, 0.25) is 0 Å². The molecule has 1 saturated carbocycles. The van der Waals surface area contributed by atoms with Gasteiger partial charge in [-0.25, -0.2) is 17.5 Å². The summed E-state index contributed by atoms with van der Waals surface area (Å²) in [5.41, 5.74) is 0.977. The number of imide groups is 1. The average Bonchev–Trinajstić information content (AvgIpc) is 2.92. The van der Waals surface area contributed by atoms with E-state index in [2.05, 4.69) is 5.32 Å². The van der Waals surface area contributed by atoms with Gasteiger partial charge in [0, 0.05) is 24.2 Å². The van der Waals surface area contributed by atoms with Crippen molar-refractivity contribution in [2.75, 3.05) is 13.7 Å². The number of hydrogen-bond donors (Lipinski definition) is 1. The molecule has 0 spiro atoms. The number of amides is 4. The number of rotatable bonds is 8. The van der Waals surface area contributed by atoms with Gasteiger partial charge in [0.25, 0.3) is 15.9 Å². The molecule has 0 unspecified atom stereocenters. The Kier molecular flexibility index (Phi) is 8.58. The highest BCUT2D eigenvalue weighted by Crippen LogP contribution is 2.36. The molecule has 1 N–H and O–H groups in total. The first kappa shape index (κ1) is 29.6. The summed E-state index contributed by atoms with van der Waals surface area (Å²) in [4.78, 5) is 40.8. The topological polar surface area (TPSA) is 113 Å². The zero-order chi connectivity index (χ0) is 29.2. The van der Waals surface area contributed by atoms with Crippen LogP contribution in [0.1, 0.15) is 81.3 Å². The van der Waals surface area contributed by atoms with E-state index >= 15 is 0 Å². The number of benzene rings is 2. The number of ether oxygens (including phenoxy) is 1. The number of carbonyl (C=O) groups excluding carboxylic acids is 3. The molecule has 1 heterocycles. The molecule has 2 aromatic rings. The normalized spacial score (nSPS) is 17.5. The van der Waals surface area contributed by atoms with Crippen molar-refractivity contribution in [2.24, 2.45) is 0 Å². The van der Waals surface area contributed by atoms with Crippen LogP contribution in [-0.4, -0.2) is 61.2 Å². The van der Waals surface area contributed by atoms with Gasteiger partial charge >= 0.3 is 6.03 Å². The maximum absolute atomic E-state index is 13.5. The molecule has 9 nitrogen and oxygen atoms in total. The van der Waals surface area contributed by atoms with Crippen molar-refractivity contribution >= 4 is 27.9 Å². The van der Waals surface area contributed by atoms with Gasteiger partial charge in [0.2, 0.25) is 5.91 Å².